The fourth-order valence-electron chi connectivity index (χ4n) is 2.24. The van der Waals surface area contributed by atoms with Crippen LogP contribution in [0.1, 0.15) is 44.2 Å². The van der Waals surface area contributed by atoms with Crippen LogP contribution >= 0.6 is 0 Å². The predicted molar refractivity (Wildman–Crippen MR) is 83.4 cm³/mol. The zero-order valence-electron chi connectivity index (χ0n) is 13.5. The predicted octanol–water partition coefficient (Wildman–Crippen LogP) is 6.71. The second-order valence-electron chi connectivity index (χ2n) is 5.42. The van der Waals surface area contributed by atoms with E-state index in [1.807, 2.05) is 0 Å². The number of alkyl halides is 4. The number of rotatable bonds is 6. The van der Waals surface area contributed by atoms with Crippen LogP contribution in [0.15, 0.2) is 41.7 Å². The maximum atomic E-state index is 14.3. The standard InChI is InChI=1S/C18H21F5/c1-4-6-15(19)13(5-2)11-16(20)17(18(21,22)23)14-9-7-12(3)8-10-14/h7-11,15H,4-6H2,1-3H3/b13-11+,17-16+. The van der Waals surface area contributed by atoms with Crippen LogP contribution in [0.2, 0.25) is 0 Å². The maximum Gasteiger partial charge on any atom is 0.419 e. The lowest BCUT2D eigenvalue weighted by molar-refractivity contribution is -0.0699. The minimum absolute atomic E-state index is 0.0400. The van der Waals surface area contributed by atoms with Gasteiger partial charge < -0.3 is 0 Å². The summed E-state index contributed by atoms with van der Waals surface area (Å²) in [5.41, 5.74) is -0.823. The summed E-state index contributed by atoms with van der Waals surface area (Å²) in [5.74, 6) is -1.45. The Morgan fingerprint density at radius 3 is 2.13 bits per heavy atom. The van der Waals surface area contributed by atoms with E-state index in [0.29, 0.717) is 12.5 Å². The van der Waals surface area contributed by atoms with E-state index in [1.165, 1.54) is 24.3 Å². The number of aryl methyl sites for hydroxylation is 1. The first kappa shape index (κ1) is 19.4. The molecule has 1 atom stereocenters. The van der Waals surface area contributed by atoms with Crippen LogP contribution < -0.4 is 0 Å². The van der Waals surface area contributed by atoms with Crippen LogP contribution in [0.5, 0.6) is 0 Å². The Labute approximate surface area is 133 Å². The SMILES string of the molecule is CCCC(F)/C(=C/C(F)=C(/c1ccc(C)cc1)C(F)(F)F)CC. The summed E-state index contributed by atoms with van der Waals surface area (Å²) in [6, 6.07) is 5.40. The van der Waals surface area contributed by atoms with Gasteiger partial charge in [-0.1, -0.05) is 50.1 Å². The zero-order chi connectivity index (χ0) is 17.6. The zero-order valence-corrected chi connectivity index (χ0v) is 13.5. The highest BCUT2D eigenvalue weighted by atomic mass is 19.4. The molecule has 0 radical (unpaired) electrons. The van der Waals surface area contributed by atoms with Gasteiger partial charge in [-0.05, 0) is 37.0 Å². The van der Waals surface area contributed by atoms with Crippen molar-refractivity contribution in [3.8, 4) is 0 Å². The van der Waals surface area contributed by atoms with Gasteiger partial charge in [-0.25, -0.2) is 8.78 Å². The summed E-state index contributed by atoms with van der Waals surface area (Å²) in [4.78, 5) is 0. The molecule has 0 nitrogen and oxygen atoms in total. The fourth-order valence-corrected chi connectivity index (χ4v) is 2.24. The topological polar surface area (TPSA) is 0 Å². The van der Waals surface area contributed by atoms with Gasteiger partial charge in [-0.15, -0.1) is 0 Å². The molecule has 128 valence electrons. The molecule has 5 heteroatoms. The van der Waals surface area contributed by atoms with Crippen LogP contribution in [0.4, 0.5) is 22.0 Å². The van der Waals surface area contributed by atoms with E-state index in [4.69, 9.17) is 0 Å². The van der Waals surface area contributed by atoms with Gasteiger partial charge in [0.25, 0.3) is 0 Å². The van der Waals surface area contributed by atoms with Gasteiger partial charge in [-0.2, -0.15) is 13.2 Å². The van der Waals surface area contributed by atoms with E-state index in [9.17, 15) is 22.0 Å². The van der Waals surface area contributed by atoms with E-state index in [1.54, 1.807) is 20.8 Å². The third-order valence-corrected chi connectivity index (χ3v) is 3.53. The molecule has 1 aromatic rings. The molecular weight excluding hydrogens is 311 g/mol. The average Bonchev–Trinajstić information content (AvgIpc) is 2.45. The number of allylic oxidation sites excluding steroid dienone is 4. The van der Waals surface area contributed by atoms with Crippen molar-refractivity contribution in [1.29, 1.82) is 0 Å². The van der Waals surface area contributed by atoms with Crippen molar-refractivity contribution >= 4 is 5.57 Å². The molecule has 0 aliphatic carbocycles. The lowest BCUT2D eigenvalue weighted by Crippen LogP contribution is -2.13. The van der Waals surface area contributed by atoms with Crippen molar-refractivity contribution in [2.75, 3.05) is 0 Å². The molecule has 0 aliphatic rings. The molecule has 23 heavy (non-hydrogen) atoms. The van der Waals surface area contributed by atoms with Gasteiger partial charge in [0.1, 0.15) is 12.0 Å². The first-order valence-electron chi connectivity index (χ1n) is 7.59. The summed E-state index contributed by atoms with van der Waals surface area (Å²) in [7, 11) is 0. The molecule has 0 spiro atoms. The molecule has 0 bridgehead atoms. The van der Waals surface area contributed by atoms with Crippen LogP contribution in [0.25, 0.3) is 5.57 Å². The van der Waals surface area contributed by atoms with Crippen LogP contribution in [0.3, 0.4) is 0 Å². The Morgan fingerprint density at radius 1 is 1.13 bits per heavy atom. The van der Waals surface area contributed by atoms with Crippen molar-refractivity contribution in [3.05, 3.63) is 52.9 Å². The molecule has 0 saturated heterocycles. The molecule has 1 rings (SSSR count). The molecule has 0 aliphatic heterocycles. The lowest BCUT2D eigenvalue weighted by atomic mass is 9.99. The normalized spacial score (nSPS) is 15.4. The van der Waals surface area contributed by atoms with E-state index in [0.717, 1.165) is 5.56 Å². The first-order chi connectivity index (χ1) is 10.7. The largest absolute Gasteiger partial charge is 0.419 e. The quantitative estimate of drug-likeness (QED) is 0.401. The van der Waals surface area contributed by atoms with Crippen molar-refractivity contribution < 1.29 is 22.0 Å². The Bertz CT molecular complexity index is 564. The van der Waals surface area contributed by atoms with E-state index < -0.39 is 23.7 Å². The monoisotopic (exact) mass is 332 g/mol. The molecule has 0 saturated carbocycles. The van der Waals surface area contributed by atoms with E-state index in [-0.39, 0.29) is 24.0 Å². The summed E-state index contributed by atoms with van der Waals surface area (Å²) in [6.07, 6.45) is -4.72. The van der Waals surface area contributed by atoms with Crippen LogP contribution in [-0.2, 0) is 0 Å². The van der Waals surface area contributed by atoms with Crippen molar-refractivity contribution in [2.45, 2.75) is 52.4 Å². The van der Waals surface area contributed by atoms with Gasteiger partial charge in [-0.3, -0.25) is 0 Å². The fraction of sp³-hybridized carbons (Fsp3) is 0.444. The molecule has 1 unspecified atom stereocenters. The Balaban J connectivity index is 3.38. The maximum absolute atomic E-state index is 14.3. The smallest absolute Gasteiger partial charge is 0.243 e. The molecular formula is C18H21F5. The van der Waals surface area contributed by atoms with E-state index >= 15 is 0 Å². The molecule has 0 heterocycles. The summed E-state index contributed by atoms with van der Waals surface area (Å²) in [6.45, 7) is 5.09. The highest BCUT2D eigenvalue weighted by Gasteiger charge is 2.37. The van der Waals surface area contributed by atoms with Crippen LogP contribution in [-0.4, -0.2) is 12.3 Å². The average molecular weight is 332 g/mol. The van der Waals surface area contributed by atoms with Gasteiger partial charge in [0.2, 0.25) is 0 Å². The first-order valence-corrected chi connectivity index (χ1v) is 7.59. The van der Waals surface area contributed by atoms with Crippen LogP contribution in [0, 0.1) is 6.92 Å². The third kappa shape index (κ3) is 5.48. The second-order valence-corrected chi connectivity index (χ2v) is 5.42. The molecule has 1 aromatic carbocycles. The van der Waals surface area contributed by atoms with Gasteiger partial charge in [0, 0.05) is 0 Å². The van der Waals surface area contributed by atoms with Gasteiger partial charge in [0.15, 0.2) is 0 Å². The number of benzene rings is 1. The molecule has 0 amide bonds. The van der Waals surface area contributed by atoms with Crippen molar-refractivity contribution in [1.82, 2.24) is 0 Å². The van der Waals surface area contributed by atoms with Gasteiger partial charge in [0.05, 0.1) is 5.57 Å². The minimum Gasteiger partial charge on any atom is -0.243 e. The summed E-state index contributed by atoms with van der Waals surface area (Å²) >= 11 is 0. The number of halogens is 5. The Morgan fingerprint density at radius 2 is 1.70 bits per heavy atom. The molecule has 0 fully saturated rings. The Kier molecular flexibility index (Phi) is 6.98. The van der Waals surface area contributed by atoms with Gasteiger partial charge >= 0.3 is 6.18 Å². The van der Waals surface area contributed by atoms with E-state index in [2.05, 4.69) is 0 Å². The minimum atomic E-state index is -4.86. The summed E-state index contributed by atoms with van der Waals surface area (Å²) in [5, 5.41) is 0. The highest BCUT2D eigenvalue weighted by molar-refractivity contribution is 5.73. The second kappa shape index (κ2) is 8.27. The molecule has 0 N–H and O–H groups in total. The lowest BCUT2D eigenvalue weighted by Gasteiger charge is -2.15. The van der Waals surface area contributed by atoms with Crippen molar-refractivity contribution in [2.24, 2.45) is 0 Å². The van der Waals surface area contributed by atoms with Crippen molar-refractivity contribution in [3.63, 3.8) is 0 Å². The Hall–Kier alpha value is -1.65. The number of hydrogen-bond donors (Lipinski definition) is 0. The number of hydrogen-bond acceptors (Lipinski definition) is 0. The summed E-state index contributed by atoms with van der Waals surface area (Å²) < 4.78 is 67.9. The highest BCUT2D eigenvalue weighted by Crippen LogP contribution is 2.38. The third-order valence-electron chi connectivity index (χ3n) is 3.53. The molecule has 0 aromatic heterocycles.